The van der Waals surface area contributed by atoms with Gasteiger partial charge in [-0.1, -0.05) is 29.3 Å². The number of imide groups is 2. The lowest BCUT2D eigenvalue weighted by Gasteiger charge is -2.49. The van der Waals surface area contributed by atoms with Gasteiger partial charge in [0.1, 0.15) is 23.0 Å². The molecule has 3 fully saturated rings. The van der Waals surface area contributed by atoms with Gasteiger partial charge in [-0.15, -0.1) is 11.3 Å². The van der Waals surface area contributed by atoms with Crippen LogP contribution in [0.4, 0.5) is 5.82 Å². The maximum absolute atomic E-state index is 15.0. The van der Waals surface area contributed by atoms with Gasteiger partial charge in [0.05, 0.1) is 35.2 Å². The molecule has 2 saturated heterocycles. The number of hydrogen-bond donors (Lipinski definition) is 1. The maximum atomic E-state index is 15.0. The van der Waals surface area contributed by atoms with E-state index in [2.05, 4.69) is 0 Å². The quantitative estimate of drug-likeness (QED) is 0.212. The number of anilines is 1. The number of methoxy groups -OCH3 is 1. The lowest BCUT2D eigenvalue weighted by Crippen LogP contribution is -2.49. The molecule has 0 spiro atoms. The van der Waals surface area contributed by atoms with Crippen molar-refractivity contribution in [2.75, 3.05) is 19.1 Å². The largest absolute Gasteiger partial charge is 0.508 e. The topological polar surface area (TPSA) is 122 Å². The van der Waals surface area contributed by atoms with Crippen molar-refractivity contribution in [1.29, 1.82) is 0 Å². The number of thiophene rings is 1. The molecule has 1 N–H and O–H groups in total. The summed E-state index contributed by atoms with van der Waals surface area (Å²) in [5.74, 6) is -4.02. The van der Waals surface area contributed by atoms with Crippen LogP contribution < -0.4 is 9.64 Å². The van der Waals surface area contributed by atoms with Gasteiger partial charge in [-0.3, -0.25) is 28.8 Å². The summed E-state index contributed by atoms with van der Waals surface area (Å²) in [4.78, 5) is 59.6. The molecule has 4 aromatic rings. The van der Waals surface area contributed by atoms with E-state index in [1.165, 1.54) is 30.0 Å². The summed E-state index contributed by atoms with van der Waals surface area (Å²) < 4.78 is 8.33. The highest BCUT2D eigenvalue weighted by Gasteiger charge is 2.68. The second kappa shape index (κ2) is 10.5. The highest BCUT2D eigenvalue weighted by atomic mass is 35.5. The van der Waals surface area contributed by atoms with Crippen LogP contribution in [0.2, 0.25) is 5.02 Å². The molecular formula is C36H33ClN4O6S. The van der Waals surface area contributed by atoms with Crippen LogP contribution in [0.25, 0.3) is 20.7 Å². The average Bonchev–Trinajstić information content (AvgIpc) is 3.72. The zero-order valence-corrected chi connectivity index (χ0v) is 28.6. The van der Waals surface area contributed by atoms with Crippen molar-refractivity contribution < 1.29 is 29.0 Å². The first-order valence-corrected chi connectivity index (χ1v) is 17.1. The van der Waals surface area contributed by atoms with Crippen LogP contribution in [-0.4, -0.2) is 57.6 Å². The number of carbonyl (C=O) groups is 4. The Morgan fingerprint density at radius 3 is 2.56 bits per heavy atom. The fraction of sp³-hybridized carbons (Fsp3) is 0.361. The molecule has 0 bridgehead atoms. The van der Waals surface area contributed by atoms with Crippen molar-refractivity contribution >= 4 is 62.5 Å². The van der Waals surface area contributed by atoms with E-state index in [9.17, 15) is 24.3 Å². The molecule has 12 heteroatoms. The van der Waals surface area contributed by atoms with E-state index in [0.717, 1.165) is 26.1 Å². The Balaban J connectivity index is 1.28. The number of phenols is 1. The first-order valence-electron chi connectivity index (χ1n) is 15.9. The molecule has 6 atom stereocenters. The highest BCUT2D eigenvalue weighted by molar-refractivity contribution is 7.22. The Labute approximate surface area is 285 Å². The Morgan fingerprint density at radius 1 is 1.04 bits per heavy atom. The summed E-state index contributed by atoms with van der Waals surface area (Å²) >= 11 is 7.85. The maximum Gasteiger partial charge on any atom is 0.242 e. The molecule has 4 aliphatic rings. The van der Waals surface area contributed by atoms with Crippen LogP contribution in [-0.2, 0) is 26.2 Å². The number of halogens is 1. The standard InChI is InChI=1S/C36H33ClN4O6S/c1-16-20-13-17(37)9-12-26(20)48-31(16)23-15-27(40(4)38-23)41-33(44)22-14-21-18(10-11-19-28(21)34(45)39(3)32(19)43)30(36(22,2)35(41)46)29-24(42)7-6-8-25(29)47-5/h6-10,12-13,15,19,21-22,28,30,42H,11,14H2,1-5H3/t19-,21+,22-,28-,30+,36+/m0/s1. The molecule has 0 radical (unpaired) electrons. The van der Waals surface area contributed by atoms with E-state index < -0.39 is 46.8 Å². The van der Waals surface area contributed by atoms with E-state index in [0.29, 0.717) is 34.3 Å². The van der Waals surface area contributed by atoms with Gasteiger partial charge in [-0.25, -0.2) is 4.90 Å². The zero-order chi connectivity index (χ0) is 34.0. The molecule has 246 valence electrons. The molecule has 4 heterocycles. The van der Waals surface area contributed by atoms with Gasteiger partial charge < -0.3 is 9.84 Å². The number of fused-ring (bicyclic) bond motifs is 5. The van der Waals surface area contributed by atoms with E-state index in [-0.39, 0.29) is 24.0 Å². The normalized spacial score (nSPS) is 28.2. The molecule has 2 aliphatic heterocycles. The number of aromatic nitrogens is 2. The third-order valence-electron chi connectivity index (χ3n) is 11.3. The number of aryl methyl sites for hydroxylation is 2. The summed E-state index contributed by atoms with van der Waals surface area (Å²) in [7, 11) is 4.70. The summed E-state index contributed by atoms with van der Waals surface area (Å²) in [6.45, 7) is 3.78. The van der Waals surface area contributed by atoms with E-state index in [4.69, 9.17) is 21.4 Å². The van der Waals surface area contributed by atoms with Crippen LogP contribution in [0.3, 0.4) is 0 Å². The van der Waals surface area contributed by atoms with Crippen LogP contribution >= 0.6 is 22.9 Å². The fourth-order valence-electron chi connectivity index (χ4n) is 8.91. The lowest BCUT2D eigenvalue weighted by molar-refractivity contribution is -0.138. The molecule has 2 aromatic carbocycles. The summed E-state index contributed by atoms with van der Waals surface area (Å²) in [5, 5.41) is 17.8. The number of carbonyl (C=O) groups excluding carboxylic acids is 4. The van der Waals surface area contributed by atoms with E-state index in [1.807, 2.05) is 31.2 Å². The minimum Gasteiger partial charge on any atom is -0.508 e. The monoisotopic (exact) mass is 684 g/mol. The summed E-state index contributed by atoms with van der Waals surface area (Å²) in [5.41, 5.74) is 1.45. The third kappa shape index (κ3) is 3.94. The number of likely N-dealkylation sites (tertiary alicyclic amines) is 1. The zero-order valence-electron chi connectivity index (χ0n) is 27.0. The molecule has 2 aromatic heterocycles. The van der Waals surface area contributed by atoms with Crippen molar-refractivity contribution in [3.63, 3.8) is 0 Å². The molecule has 0 unspecified atom stereocenters. The van der Waals surface area contributed by atoms with Crippen molar-refractivity contribution in [3.05, 3.63) is 70.3 Å². The number of allylic oxidation sites excluding steroid dienone is 2. The SMILES string of the molecule is COc1cccc(O)c1[C@H]1C2=CC[C@@H]3C(=O)N(C)C(=O)[C@@H]3[C@@H]2C[C@H]2C(=O)N(c3cc(-c4sc5ccc(Cl)cc5c4C)nn3C)C(=O)[C@@]12C. The van der Waals surface area contributed by atoms with Crippen LogP contribution in [0.15, 0.2) is 54.1 Å². The predicted octanol–water partition coefficient (Wildman–Crippen LogP) is 5.84. The number of ether oxygens (including phenoxy) is 1. The number of benzene rings is 2. The van der Waals surface area contributed by atoms with Gasteiger partial charge in [-0.2, -0.15) is 5.10 Å². The van der Waals surface area contributed by atoms with Crippen LogP contribution in [0, 0.1) is 36.0 Å². The minimum absolute atomic E-state index is 0.0733. The van der Waals surface area contributed by atoms with Gasteiger partial charge in [0.25, 0.3) is 0 Å². The van der Waals surface area contributed by atoms with Crippen molar-refractivity contribution in [2.24, 2.45) is 36.1 Å². The molecule has 1 saturated carbocycles. The van der Waals surface area contributed by atoms with E-state index >= 15 is 0 Å². The minimum atomic E-state index is -1.34. The van der Waals surface area contributed by atoms with Gasteiger partial charge in [0.2, 0.25) is 23.6 Å². The van der Waals surface area contributed by atoms with E-state index in [1.54, 1.807) is 48.2 Å². The number of amides is 4. The van der Waals surface area contributed by atoms with Crippen molar-refractivity contribution in [2.45, 2.75) is 32.6 Å². The first-order chi connectivity index (χ1) is 22.9. The van der Waals surface area contributed by atoms with Crippen molar-refractivity contribution in [1.82, 2.24) is 14.7 Å². The van der Waals surface area contributed by atoms with Gasteiger partial charge in [-0.05, 0) is 73.9 Å². The molecule has 2 aliphatic carbocycles. The Bertz CT molecular complexity index is 2150. The fourth-order valence-corrected chi connectivity index (χ4v) is 10.2. The summed E-state index contributed by atoms with van der Waals surface area (Å²) in [6.07, 6.45) is 2.49. The molecule has 48 heavy (non-hydrogen) atoms. The molecule has 8 rings (SSSR count). The average molecular weight is 685 g/mol. The van der Waals surface area contributed by atoms with Gasteiger partial charge in [0.15, 0.2) is 0 Å². The third-order valence-corrected chi connectivity index (χ3v) is 12.8. The second-order valence-corrected chi connectivity index (χ2v) is 15.0. The second-order valence-electron chi connectivity index (χ2n) is 13.5. The Kier molecular flexibility index (Phi) is 6.75. The number of aromatic hydroxyl groups is 1. The number of phenolic OH excluding ortho intramolecular Hbond substituents is 1. The molecule has 4 amide bonds. The molecule has 10 nitrogen and oxygen atoms in total. The predicted molar refractivity (Wildman–Crippen MR) is 181 cm³/mol. The van der Waals surface area contributed by atoms with Gasteiger partial charge in [0, 0.05) is 41.4 Å². The van der Waals surface area contributed by atoms with Gasteiger partial charge >= 0.3 is 0 Å². The first kappa shape index (κ1) is 30.8. The van der Waals surface area contributed by atoms with Crippen LogP contribution in [0.5, 0.6) is 11.5 Å². The van der Waals surface area contributed by atoms with Crippen molar-refractivity contribution in [3.8, 4) is 22.1 Å². The van der Waals surface area contributed by atoms with Crippen LogP contribution in [0.1, 0.15) is 36.8 Å². The Hall–Kier alpha value is -4.48. The highest BCUT2D eigenvalue weighted by Crippen LogP contribution is 2.65. The number of rotatable bonds is 4. The summed E-state index contributed by atoms with van der Waals surface area (Å²) in [6, 6.07) is 12.4. The molecular weight excluding hydrogens is 652 g/mol. The Morgan fingerprint density at radius 2 is 1.81 bits per heavy atom. The smallest absolute Gasteiger partial charge is 0.242 e. The number of nitrogens with zero attached hydrogens (tertiary/aromatic N) is 4. The lowest BCUT2D eigenvalue weighted by atomic mass is 9.51. The number of hydrogen-bond acceptors (Lipinski definition) is 8.